The predicted octanol–water partition coefficient (Wildman–Crippen LogP) is 2.18. The number of imidazole rings is 1. The zero-order valence-corrected chi connectivity index (χ0v) is 15.9. The molecule has 1 atom stereocenters. The number of hydrogen-bond donors (Lipinski definition) is 3. The number of H-pyrrole nitrogens is 1. The Balaban J connectivity index is 0.00000264. The average Bonchev–Trinajstić information content (AvgIpc) is 2.92. The number of aliphatic hydroxyl groups excluding tert-OH is 1. The van der Waals surface area contributed by atoms with Crippen LogP contribution < -0.4 is 5.73 Å². The zero-order chi connectivity index (χ0) is 15.9. The minimum atomic E-state index is -0.478. The first-order valence-corrected chi connectivity index (χ1v) is 8.26. The molecule has 1 aromatic rings. The summed E-state index contributed by atoms with van der Waals surface area (Å²) in [6.45, 7) is 2.55. The van der Waals surface area contributed by atoms with Gasteiger partial charge in [0, 0.05) is 12.2 Å². The molecule has 1 aliphatic rings. The summed E-state index contributed by atoms with van der Waals surface area (Å²) in [5.74, 6) is 0.484. The predicted molar refractivity (Wildman–Crippen MR) is 99.5 cm³/mol. The van der Waals surface area contributed by atoms with Gasteiger partial charge in [0.15, 0.2) is 0 Å². The molecule has 2 rings (SSSR count). The van der Waals surface area contributed by atoms with Gasteiger partial charge < -0.3 is 20.7 Å². The number of aliphatic hydroxyl groups is 1. The highest BCUT2D eigenvalue weighted by molar-refractivity contribution is 5.85. The molecule has 1 aromatic heterocycles. The van der Waals surface area contributed by atoms with Crippen LogP contribution in [0.1, 0.15) is 49.9 Å². The standard InChI is InChI=1S/C16H28N4O2.2ClH/c1-12-15(19-11-18-12)10-20(7-8-21)16(22)14(17)9-13-5-3-2-4-6-13;;/h11,13-14,21H,2-10,17H2,1H3,(H,18,19);2*1H/t14-;;/m0../s1. The highest BCUT2D eigenvalue weighted by atomic mass is 35.5. The first-order valence-electron chi connectivity index (χ1n) is 8.26. The second-order valence-electron chi connectivity index (χ2n) is 6.30. The molecule has 0 aliphatic heterocycles. The summed E-state index contributed by atoms with van der Waals surface area (Å²) in [7, 11) is 0. The summed E-state index contributed by atoms with van der Waals surface area (Å²) in [6, 6.07) is -0.478. The molecule has 0 saturated heterocycles. The molecule has 0 bridgehead atoms. The second kappa shape index (κ2) is 11.7. The number of carbonyl (C=O) groups is 1. The lowest BCUT2D eigenvalue weighted by Crippen LogP contribution is -2.45. The maximum Gasteiger partial charge on any atom is 0.239 e. The van der Waals surface area contributed by atoms with Crippen LogP contribution in [0.2, 0.25) is 0 Å². The molecule has 24 heavy (non-hydrogen) atoms. The number of nitrogens with zero attached hydrogens (tertiary/aromatic N) is 2. The van der Waals surface area contributed by atoms with Crippen LogP contribution in [-0.2, 0) is 11.3 Å². The second-order valence-corrected chi connectivity index (χ2v) is 6.30. The normalized spacial score (nSPS) is 16.0. The summed E-state index contributed by atoms with van der Waals surface area (Å²) in [5, 5.41) is 9.22. The van der Waals surface area contributed by atoms with Crippen LogP contribution >= 0.6 is 24.8 Å². The van der Waals surface area contributed by atoms with Crippen molar-refractivity contribution >= 4 is 30.7 Å². The first-order chi connectivity index (χ1) is 10.6. The first kappa shape index (κ1) is 23.2. The Bertz CT molecular complexity index is 478. The molecule has 6 nitrogen and oxygen atoms in total. The molecule has 1 fully saturated rings. The summed E-state index contributed by atoms with van der Waals surface area (Å²) in [5.41, 5.74) is 7.91. The van der Waals surface area contributed by atoms with Crippen LogP contribution in [0.3, 0.4) is 0 Å². The number of amides is 1. The lowest BCUT2D eigenvalue weighted by atomic mass is 9.85. The monoisotopic (exact) mass is 380 g/mol. The van der Waals surface area contributed by atoms with E-state index in [0.717, 1.165) is 17.8 Å². The Hall–Kier alpha value is -0.820. The van der Waals surface area contributed by atoms with Gasteiger partial charge in [0.1, 0.15) is 0 Å². The Labute approximate surface area is 156 Å². The van der Waals surface area contributed by atoms with Gasteiger partial charge in [-0.05, 0) is 19.3 Å². The lowest BCUT2D eigenvalue weighted by Gasteiger charge is -2.28. The quantitative estimate of drug-likeness (QED) is 0.675. The highest BCUT2D eigenvalue weighted by Crippen LogP contribution is 2.27. The van der Waals surface area contributed by atoms with Crippen molar-refractivity contribution in [3.8, 4) is 0 Å². The summed E-state index contributed by atoms with van der Waals surface area (Å²) in [4.78, 5) is 21.4. The molecule has 1 heterocycles. The van der Waals surface area contributed by atoms with Gasteiger partial charge in [-0.2, -0.15) is 0 Å². The van der Waals surface area contributed by atoms with E-state index in [2.05, 4.69) is 9.97 Å². The van der Waals surface area contributed by atoms with Gasteiger partial charge in [0.2, 0.25) is 5.91 Å². The molecular weight excluding hydrogens is 351 g/mol. The van der Waals surface area contributed by atoms with E-state index in [4.69, 9.17) is 5.73 Å². The minimum absolute atomic E-state index is 0. The summed E-state index contributed by atoms with van der Waals surface area (Å²) in [6.07, 6.45) is 8.53. The number of hydrogen-bond acceptors (Lipinski definition) is 4. The molecule has 0 unspecified atom stereocenters. The highest BCUT2D eigenvalue weighted by Gasteiger charge is 2.25. The fourth-order valence-electron chi connectivity index (χ4n) is 3.23. The number of halogens is 2. The number of aromatic amines is 1. The minimum Gasteiger partial charge on any atom is -0.395 e. The smallest absolute Gasteiger partial charge is 0.239 e. The molecular formula is C16H30Cl2N4O2. The maximum absolute atomic E-state index is 12.6. The fraction of sp³-hybridized carbons (Fsp3) is 0.750. The van der Waals surface area contributed by atoms with Crippen molar-refractivity contribution in [3.63, 3.8) is 0 Å². The van der Waals surface area contributed by atoms with Crippen molar-refractivity contribution in [2.45, 2.75) is 58.0 Å². The molecule has 8 heteroatoms. The van der Waals surface area contributed by atoms with E-state index in [9.17, 15) is 9.90 Å². The molecule has 1 saturated carbocycles. The van der Waals surface area contributed by atoms with Crippen LogP contribution in [0, 0.1) is 12.8 Å². The van der Waals surface area contributed by atoms with E-state index in [-0.39, 0.29) is 37.3 Å². The zero-order valence-electron chi connectivity index (χ0n) is 14.2. The topological polar surface area (TPSA) is 95.2 Å². The third kappa shape index (κ3) is 6.59. The number of rotatable bonds is 7. The Morgan fingerprint density at radius 3 is 2.62 bits per heavy atom. The molecule has 4 N–H and O–H groups in total. The van der Waals surface area contributed by atoms with Crippen LogP contribution in [0.5, 0.6) is 0 Å². The largest absolute Gasteiger partial charge is 0.395 e. The third-order valence-electron chi connectivity index (χ3n) is 4.59. The Morgan fingerprint density at radius 1 is 1.42 bits per heavy atom. The van der Waals surface area contributed by atoms with E-state index < -0.39 is 6.04 Å². The van der Waals surface area contributed by atoms with Crippen molar-refractivity contribution < 1.29 is 9.90 Å². The van der Waals surface area contributed by atoms with E-state index in [1.807, 2.05) is 6.92 Å². The third-order valence-corrected chi connectivity index (χ3v) is 4.59. The van der Waals surface area contributed by atoms with Crippen molar-refractivity contribution in [2.75, 3.05) is 13.2 Å². The molecule has 1 aliphatic carbocycles. The van der Waals surface area contributed by atoms with Gasteiger partial charge in [-0.3, -0.25) is 4.79 Å². The van der Waals surface area contributed by atoms with Crippen LogP contribution in [-0.4, -0.2) is 45.1 Å². The molecule has 0 radical (unpaired) electrons. The number of carbonyl (C=O) groups excluding carboxylic acids is 1. The number of nitrogens with one attached hydrogen (secondary N) is 1. The number of aromatic nitrogens is 2. The van der Waals surface area contributed by atoms with Gasteiger partial charge >= 0.3 is 0 Å². The average molecular weight is 381 g/mol. The Morgan fingerprint density at radius 2 is 2.08 bits per heavy atom. The molecule has 0 spiro atoms. The van der Waals surface area contributed by atoms with Crippen molar-refractivity contribution in [1.29, 1.82) is 0 Å². The summed E-state index contributed by atoms with van der Waals surface area (Å²) >= 11 is 0. The van der Waals surface area contributed by atoms with E-state index in [0.29, 0.717) is 19.0 Å². The van der Waals surface area contributed by atoms with Gasteiger partial charge in [-0.25, -0.2) is 4.98 Å². The van der Waals surface area contributed by atoms with Crippen molar-refractivity contribution in [2.24, 2.45) is 11.7 Å². The Kier molecular flexibility index (Phi) is 11.3. The summed E-state index contributed by atoms with van der Waals surface area (Å²) < 4.78 is 0. The van der Waals surface area contributed by atoms with E-state index in [1.165, 1.54) is 32.1 Å². The van der Waals surface area contributed by atoms with E-state index in [1.54, 1.807) is 11.2 Å². The van der Waals surface area contributed by atoms with Gasteiger partial charge in [-0.1, -0.05) is 32.1 Å². The van der Waals surface area contributed by atoms with Crippen molar-refractivity contribution in [3.05, 3.63) is 17.7 Å². The maximum atomic E-state index is 12.6. The van der Waals surface area contributed by atoms with Crippen LogP contribution in [0.15, 0.2) is 6.33 Å². The number of nitrogens with two attached hydrogens (primary N) is 1. The molecule has 140 valence electrons. The van der Waals surface area contributed by atoms with Crippen molar-refractivity contribution in [1.82, 2.24) is 14.9 Å². The molecule has 1 amide bonds. The van der Waals surface area contributed by atoms with Crippen LogP contribution in [0.4, 0.5) is 0 Å². The fourth-order valence-corrected chi connectivity index (χ4v) is 3.23. The van der Waals surface area contributed by atoms with Crippen LogP contribution in [0.25, 0.3) is 0 Å². The SMILES string of the molecule is Cc1[nH]cnc1CN(CCO)C(=O)[C@@H](N)CC1CCCCC1.Cl.Cl. The van der Waals surface area contributed by atoms with Gasteiger partial charge in [-0.15, -0.1) is 24.8 Å². The lowest BCUT2D eigenvalue weighted by molar-refractivity contribution is -0.134. The van der Waals surface area contributed by atoms with Gasteiger partial charge in [0.25, 0.3) is 0 Å². The van der Waals surface area contributed by atoms with Gasteiger partial charge in [0.05, 0.1) is 31.2 Å². The number of aryl methyl sites for hydroxylation is 1. The van der Waals surface area contributed by atoms with E-state index >= 15 is 0 Å². The molecule has 0 aromatic carbocycles.